The number of rotatable bonds is 3. The van der Waals surface area contributed by atoms with Crippen LogP contribution in [0.15, 0.2) is 46.2 Å². The van der Waals surface area contributed by atoms with Gasteiger partial charge in [0.1, 0.15) is 5.82 Å². The Labute approximate surface area is 114 Å². The second-order valence-corrected chi connectivity index (χ2v) is 5.84. The topological polar surface area (TPSA) is 94.2 Å². The first kappa shape index (κ1) is 14.1. The number of halogens is 1. The monoisotopic (exact) mass is 297 g/mol. The van der Waals surface area contributed by atoms with Gasteiger partial charge in [-0.3, -0.25) is 9.52 Å². The minimum Gasteiger partial charge on any atom is -0.396 e. The Bertz CT molecular complexity index is 815. The van der Waals surface area contributed by atoms with Gasteiger partial charge in [-0.25, -0.2) is 12.8 Å². The standard InChI is InChI=1S/C12H12FN3O3S/c1-16-7-8(2-5-12(16)17)15-20(18,19)9-3-4-10(13)11(14)6-9/h2-7,15H,14H2,1H3. The summed E-state index contributed by atoms with van der Waals surface area (Å²) < 4.78 is 40.7. The van der Waals surface area contributed by atoms with Crippen molar-refractivity contribution in [3.05, 3.63) is 52.7 Å². The van der Waals surface area contributed by atoms with Crippen molar-refractivity contribution < 1.29 is 12.8 Å². The minimum absolute atomic E-state index is 0.162. The van der Waals surface area contributed by atoms with E-state index in [0.29, 0.717) is 0 Å². The zero-order valence-electron chi connectivity index (χ0n) is 10.5. The quantitative estimate of drug-likeness (QED) is 0.823. The highest BCUT2D eigenvalue weighted by molar-refractivity contribution is 7.92. The van der Waals surface area contributed by atoms with Crippen LogP contribution in [0.3, 0.4) is 0 Å². The lowest BCUT2D eigenvalue weighted by Crippen LogP contribution is -2.18. The summed E-state index contributed by atoms with van der Waals surface area (Å²) in [4.78, 5) is 11.1. The largest absolute Gasteiger partial charge is 0.396 e. The Morgan fingerprint density at radius 2 is 1.95 bits per heavy atom. The lowest BCUT2D eigenvalue weighted by atomic mass is 10.3. The maximum Gasteiger partial charge on any atom is 0.262 e. The molecule has 20 heavy (non-hydrogen) atoms. The fraction of sp³-hybridized carbons (Fsp3) is 0.0833. The van der Waals surface area contributed by atoms with E-state index in [9.17, 15) is 17.6 Å². The summed E-state index contributed by atoms with van der Waals surface area (Å²) >= 11 is 0. The van der Waals surface area contributed by atoms with E-state index < -0.39 is 15.8 Å². The van der Waals surface area contributed by atoms with E-state index in [4.69, 9.17) is 5.73 Å². The zero-order chi connectivity index (χ0) is 14.9. The maximum absolute atomic E-state index is 13.0. The molecule has 2 aromatic rings. The Balaban J connectivity index is 2.37. The van der Waals surface area contributed by atoms with Gasteiger partial charge in [-0.05, 0) is 24.3 Å². The number of anilines is 2. The summed E-state index contributed by atoms with van der Waals surface area (Å²) in [6.07, 6.45) is 1.34. The van der Waals surface area contributed by atoms with Crippen molar-refractivity contribution in [1.29, 1.82) is 0 Å². The Kier molecular flexibility index (Phi) is 3.49. The number of hydrogen-bond donors (Lipinski definition) is 2. The number of nitrogens with one attached hydrogen (secondary N) is 1. The number of nitrogens with two attached hydrogens (primary N) is 1. The van der Waals surface area contributed by atoms with E-state index in [1.54, 1.807) is 0 Å². The molecule has 1 aromatic heterocycles. The van der Waals surface area contributed by atoms with E-state index in [1.807, 2.05) is 0 Å². The van der Waals surface area contributed by atoms with Crippen LogP contribution in [-0.2, 0) is 17.1 Å². The molecule has 0 unspecified atom stereocenters. The first-order valence-corrected chi connectivity index (χ1v) is 7.02. The van der Waals surface area contributed by atoms with Crippen LogP contribution >= 0.6 is 0 Å². The van der Waals surface area contributed by atoms with Gasteiger partial charge in [0.15, 0.2) is 0 Å². The van der Waals surface area contributed by atoms with Gasteiger partial charge in [0.05, 0.1) is 16.3 Å². The first-order valence-electron chi connectivity index (χ1n) is 5.54. The second-order valence-electron chi connectivity index (χ2n) is 4.16. The summed E-state index contributed by atoms with van der Waals surface area (Å²) in [5, 5.41) is 0. The lowest BCUT2D eigenvalue weighted by Gasteiger charge is -2.09. The predicted molar refractivity (Wildman–Crippen MR) is 73.3 cm³/mol. The number of benzene rings is 1. The van der Waals surface area contributed by atoms with Gasteiger partial charge < -0.3 is 10.3 Å². The van der Waals surface area contributed by atoms with Crippen LogP contribution in [0.2, 0.25) is 0 Å². The molecule has 0 aliphatic rings. The van der Waals surface area contributed by atoms with Crippen molar-refractivity contribution in [2.45, 2.75) is 4.90 Å². The maximum atomic E-state index is 13.0. The Hall–Kier alpha value is -2.35. The van der Waals surface area contributed by atoms with Gasteiger partial charge in [-0.1, -0.05) is 0 Å². The van der Waals surface area contributed by atoms with Gasteiger partial charge in [-0.15, -0.1) is 0 Å². The smallest absolute Gasteiger partial charge is 0.262 e. The Morgan fingerprint density at radius 1 is 1.25 bits per heavy atom. The van der Waals surface area contributed by atoms with Gasteiger partial charge in [0.2, 0.25) is 5.56 Å². The molecule has 0 aliphatic heterocycles. The Morgan fingerprint density at radius 3 is 2.55 bits per heavy atom. The fourth-order valence-electron chi connectivity index (χ4n) is 1.56. The van der Waals surface area contributed by atoms with Crippen molar-refractivity contribution in [3.8, 4) is 0 Å². The zero-order valence-corrected chi connectivity index (χ0v) is 11.3. The fourth-order valence-corrected chi connectivity index (χ4v) is 2.64. The van der Waals surface area contributed by atoms with Crippen LogP contribution in [0.1, 0.15) is 0 Å². The van der Waals surface area contributed by atoms with E-state index >= 15 is 0 Å². The summed E-state index contributed by atoms with van der Waals surface area (Å²) in [6.45, 7) is 0. The van der Waals surface area contributed by atoms with Gasteiger partial charge >= 0.3 is 0 Å². The second kappa shape index (κ2) is 4.97. The van der Waals surface area contributed by atoms with Crippen molar-refractivity contribution >= 4 is 21.4 Å². The summed E-state index contributed by atoms with van der Waals surface area (Å²) in [5.74, 6) is -0.689. The highest BCUT2D eigenvalue weighted by Gasteiger charge is 2.16. The molecule has 1 aromatic carbocycles. The predicted octanol–water partition coefficient (Wildman–Crippen LogP) is 0.907. The van der Waals surface area contributed by atoms with Crippen LogP contribution in [0.4, 0.5) is 15.8 Å². The molecule has 0 amide bonds. The number of aromatic nitrogens is 1. The van der Waals surface area contributed by atoms with Crippen LogP contribution in [-0.4, -0.2) is 13.0 Å². The van der Waals surface area contributed by atoms with Crippen LogP contribution in [0.25, 0.3) is 0 Å². The van der Waals surface area contributed by atoms with Crippen LogP contribution in [0.5, 0.6) is 0 Å². The molecule has 0 radical (unpaired) electrons. The molecule has 0 spiro atoms. The van der Waals surface area contributed by atoms with Crippen molar-refractivity contribution in [1.82, 2.24) is 4.57 Å². The van der Waals surface area contributed by atoms with E-state index in [0.717, 1.165) is 18.2 Å². The van der Waals surface area contributed by atoms with E-state index in [-0.39, 0.29) is 21.8 Å². The molecule has 0 fully saturated rings. The molecule has 3 N–H and O–H groups in total. The molecule has 0 atom stereocenters. The van der Waals surface area contributed by atoms with Gasteiger partial charge in [0.25, 0.3) is 10.0 Å². The molecule has 1 heterocycles. The molecule has 0 aliphatic carbocycles. The van der Waals surface area contributed by atoms with Crippen molar-refractivity contribution in [2.75, 3.05) is 10.5 Å². The third-order valence-electron chi connectivity index (χ3n) is 2.62. The molecule has 106 valence electrons. The summed E-state index contributed by atoms with van der Waals surface area (Å²) in [7, 11) is -2.40. The van der Waals surface area contributed by atoms with E-state index in [1.165, 1.54) is 29.9 Å². The van der Waals surface area contributed by atoms with Crippen molar-refractivity contribution in [2.24, 2.45) is 7.05 Å². The molecule has 6 nitrogen and oxygen atoms in total. The molecular formula is C12H12FN3O3S. The molecule has 8 heteroatoms. The molecular weight excluding hydrogens is 285 g/mol. The molecule has 0 saturated heterocycles. The van der Waals surface area contributed by atoms with Crippen LogP contribution in [0, 0.1) is 5.82 Å². The third-order valence-corrected chi connectivity index (χ3v) is 3.99. The number of sulfonamides is 1. The van der Waals surface area contributed by atoms with Gasteiger partial charge in [-0.2, -0.15) is 0 Å². The average molecular weight is 297 g/mol. The van der Waals surface area contributed by atoms with Gasteiger partial charge in [0, 0.05) is 19.3 Å². The van der Waals surface area contributed by atoms with Crippen molar-refractivity contribution in [3.63, 3.8) is 0 Å². The number of pyridine rings is 1. The summed E-state index contributed by atoms with van der Waals surface area (Å²) in [5.41, 5.74) is 5.04. The first-order chi connectivity index (χ1) is 9.29. The number of nitrogen functional groups attached to an aromatic ring is 1. The SMILES string of the molecule is Cn1cc(NS(=O)(=O)c2ccc(F)c(N)c2)ccc1=O. The molecule has 2 rings (SSSR count). The normalized spacial score (nSPS) is 11.3. The third kappa shape index (κ3) is 2.80. The minimum atomic E-state index is -3.89. The summed E-state index contributed by atoms with van der Waals surface area (Å²) in [6, 6.07) is 5.68. The molecule has 0 saturated carbocycles. The molecule has 0 bridgehead atoms. The highest BCUT2D eigenvalue weighted by atomic mass is 32.2. The number of hydrogen-bond acceptors (Lipinski definition) is 4. The highest BCUT2D eigenvalue weighted by Crippen LogP contribution is 2.19. The number of aryl methyl sites for hydroxylation is 1. The lowest BCUT2D eigenvalue weighted by molar-refractivity contribution is 0.600. The number of nitrogens with zero attached hydrogens (tertiary/aromatic N) is 1. The average Bonchev–Trinajstić information content (AvgIpc) is 2.37. The van der Waals surface area contributed by atoms with E-state index in [2.05, 4.69) is 4.72 Å². The van der Waals surface area contributed by atoms with Crippen LogP contribution < -0.4 is 16.0 Å².